The van der Waals surface area contributed by atoms with E-state index in [4.69, 9.17) is 379 Å². The van der Waals surface area contributed by atoms with Crippen LogP contribution in [0.4, 0.5) is 0 Å². The molecule has 0 aliphatic rings. The van der Waals surface area contributed by atoms with Crippen molar-refractivity contribution in [3.05, 3.63) is 0 Å². The molecule has 0 saturated carbocycles. The molecule has 0 aliphatic heterocycles. The normalized spacial score (nSPS) is 9.93. The first kappa shape index (κ1) is 102. The van der Waals surface area contributed by atoms with Gasteiger partial charge in [-0.2, -0.15) is 0 Å². The Morgan fingerprint density at radius 2 is 0.177 bits per heavy atom. The lowest BCUT2D eigenvalue weighted by Gasteiger charge is -2.63. The molecular weight excluding hydrogens is 1040 g/mol. The summed E-state index contributed by atoms with van der Waals surface area (Å²) in [6, 6.07) is 0. The fourth-order valence-electron chi connectivity index (χ4n) is 17.2. The molecular formula is CHB95. The molecule has 290 valence electrons. The van der Waals surface area contributed by atoms with Gasteiger partial charge in [0.05, 0.1) is 0 Å². The van der Waals surface area contributed by atoms with E-state index in [9.17, 15) is 0 Å². The lowest BCUT2D eigenvalue weighted by Crippen LogP contribution is -2.96. The Balaban J connectivity index is 14.3. The molecule has 0 fully saturated rings. The van der Waals surface area contributed by atoms with E-state index >= 15 is 0 Å². The number of hydrogen-bond donors (Lipinski definition) is 0. The van der Waals surface area contributed by atoms with Crippen LogP contribution in [0.1, 0.15) is 0 Å². The first-order valence-electron chi connectivity index (χ1n) is 31.7. The van der Waals surface area contributed by atoms with Crippen molar-refractivity contribution in [1.82, 2.24) is 0 Å². The summed E-state index contributed by atoms with van der Waals surface area (Å²) in [6.07, 6.45) is -78.9. The van der Waals surface area contributed by atoms with Crippen LogP contribution in [0.25, 0.3) is 0 Å². The maximum Gasteiger partial charge on any atom is 0.0294 e. The van der Waals surface area contributed by atoms with E-state index in [1.165, 1.54) is 0 Å². The van der Waals surface area contributed by atoms with Crippen molar-refractivity contribution in [3.63, 3.8) is 0 Å². The summed E-state index contributed by atoms with van der Waals surface area (Å²) in [4.78, 5) is 0. The second kappa shape index (κ2) is 46.9. The van der Waals surface area contributed by atoms with Crippen molar-refractivity contribution in [1.29, 1.82) is 0 Å². The first-order chi connectivity index (χ1) is 43.6. The van der Waals surface area contributed by atoms with Crippen molar-refractivity contribution in [2.24, 2.45) is 0 Å². The molecule has 0 rings (SSSR count). The minimum Gasteiger partial charge on any atom is -0.146 e. The minimum absolute atomic E-state index is 1.70. The van der Waals surface area contributed by atoms with Gasteiger partial charge < -0.3 is 0 Å². The summed E-state index contributed by atoms with van der Waals surface area (Å²) < 4.78 is 0. The second-order valence-corrected chi connectivity index (χ2v) is 27.1. The smallest absolute Gasteiger partial charge is 0.0294 e. The SMILES string of the molecule is [B]B([B])B([B])B(B([B])[B])B(B(B([B])[B])B([B])[B])B(B(B(B([B])[B])B([B])[B])B(B([B])[B])B([B])[B])C(B(B(B(B([B])[B])B([B])[B])B(B([B])[B])B([B])[B])B(B(B([B])[B])B([B])[B])B(B([B])[B])B([B])[B])B(B(B(B([B])[B])B([B])[B])B(B([B])[B])B([B])[B])B(B(B([B])[B])B([B])[B])B(B([B])[B])B([B])[B]. The van der Waals surface area contributed by atoms with Crippen LogP contribution >= 0.6 is 0 Å². The molecule has 0 aromatic rings. The Kier molecular flexibility index (Phi) is 49.9. The van der Waals surface area contributed by atoms with Gasteiger partial charge in [0.1, 0.15) is 0 Å². The molecule has 0 unspecified atom stereocenters. The average molecular weight is 1040 g/mol. The van der Waals surface area contributed by atoms with E-state index in [1.807, 2.05) is 0 Å². The maximum atomic E-state index is 7.34. The Bertz CT molecular complexity index is 1610. The first-order valence-corrected chi connectivity index (χ1v) is 31.7. The van der Waals surface area contributed by atoms with Gasteiger partial charge in [-0.1, -0.05) is 0 Å². The molecule has 0 heterocycles. The molecule has 95 heteroatoms. The van der Waals surface area contributed by atoms with Gasteiger partial charge in [-0.05, 0) is 0 Å². The molecule has 96 heavy (non-hydrogen) atoms. The van der Waals surface area contributed by atoms with Crippen LogP contribution in [0.2, 0.25) is 5.62 Å². The van der Waals surface area contributed by atoms with Crippen LogP contribution < -0.4 is 0 Å². The summed E-state index contributed by atoms with van der Waals surface area (Å²) >= 11 is 0. The predicted octanol–water partition coefficient (Wildman–Crippen LogP) is -35.8. The standard InChI is InChI=1S/CHB95/c2-54(3)78(50)96(77(48)49)84(95(75(44)45)76(46)47)53(83(93(71(36)37)72(38)39)94(73(40)41)74(42)43)1(51(79(85(55(4)5)56(6)7)86(57(8)9)58(10)11)80(87(59(12)13)60(14)15)88(61(16)17)62(18)19)52(81(89(63(20)21)64(22)23)90(65(24)25)66(26)27)82(91(67(28)29)68(30)31)92(69(32)33)70(34)35/h1H. The highest BCUT2D eigenvalue weighted by molar-refractivity contribution is 8.33. The lowest BCUT2D eigenvalue weighted by molar-refractivity contribution is 1.80. The van der Waals surface area contributed by atoms with Crippen LogP contribution in [-0.4, -0.2) is 673 Å². The van der Waals surface area contributed by atoms with Crippen molar-refractivity contribution in [2.75, 3.05) is 0 Å². The fourth-order valence-corrected chi connectivity index (χ4v) is 17.2. The Morgan fingerprint density at radius 3 is 0.250 bits per heavy atom. The van der Waals surface area contributed by atoms with Gasteiger partial charge in [0.25, 0.3) is 0 Å². The van der Waals surface area contributed by atoms with Crippen LogP contribution in [0.15, 0.2) is 0 Å². The van der Waals surface area contributed by atoms with Crippen molar-refractivity contribution in [2.45, 2.75) is 5.62 Å². The molecule has 0 aromatic carbocycles. The summed E-state index contributed by atoms with van der Waals surface area (Å²) in [5.74, 6) is 0. The van der Waals surface area contributed by atoms with E-state index in [0.717, 1.165) is 0 Å². The minimum atomic E-state index is -2.26. The largest absolute Gasteiger partial charge is 0.146 e. The van der Waals surface area contributed by atoms with Gasteiger partial charge in [0, 0.05) is 673 Å². The third-order valence-corrected chi connectivity index (χ3v) is 20.4. The summed E-state index contributed by atoms with van der Waals surface area (Å²) in [6.45, 7) is -6.44. The summed E-state index contributed by atoms with van der Waals surface area (Å²) in [7, 11) is 346. The number of rotatable bonds is 46. The highest BCUT2D eigenvalue weighted by atomic mass is 13.7. The highest BCUT2D eigenvalue weighted by Crippen LogP contribution is 2.38. The molecule has 0 bridgehead atoms. The average Bonchev–Trinajstić information content (AvgIpc) is 3.36. The molecule has 0 atom stereocenters. The molecule has 0 N–H and O–H groups in total. The van der Waals surface area contributed by atoms with Crippen molar-refractivity contribution >= 4 is 673 Å². The van der Waals surface area contributed by atoms with Crippen LogP contribution in [0.3, 0.4) is 0 Å². The van der Waals surface area contributed by atoms with Gasteiger partial charge in [0.2, 0.25) is 0 Å². The monoisotopic (exact) mass is 1060 g/mol. The Labute approximate surface area is 671 Å². The molecule has 0 aliphatic carbocycles. The van der Waals surface area contributed by atoms with Gasteiger partial charge in [-0.25, -0.2) is 0 Å². The van der Waals surface area contributed by atoms with E-state index in [0.29, 0.717) is 0 Å². The second-order valence-electron chi connectivity index (χ2n) is 27.1. The van der Waals surface area contributed by atoms with Gasteiger partial charge in [-0.15, -0.1) is 5.62 Å². The number of hydrogen-bond acceptors (Lipinski definition) is 0. The van der Waals surface area contributed by atoms with Gasteiger partial charge >= 0.3 is 0 Å². The molecule has 0 nitrogen and oxygen atoms in total. The topological polar surface area (TPSA) is 0 Å². The summed E-state index contributed by atoms with van der Waals surface area (Å²) in [5.41, 5.74) is -2.26. The van der Waals surface area contributed by atoms with E-state index in [-0.39, 0.29) is 0 Å². The van der Waals surface area contributed by atoms with E-state index < -0.39 is 300 Å². The summed E-state index contributed by atoms with van der Waals surface area (Å²) in [5, 5.41) is 0. The van der Waals surface area contributed by atoms with Gasteiger partial charge in [-0.3, -0.25) is 0 Å². The zero-order chi connectivity index (χ0) is 76.1. The third-order valence-electron chi connectivity index (χ3n) is 20.4. The van der Waals surface area contributed by atoms with Crippen molar-refractivity contribution < 1.29 is 0 Å². The molecule has 0 aromatic heterocycles. The highest BCUT2D eigenvalue weighted by Gasteiger charge is 2.68. The van der Waals surface area contributed by atoms with E-state index in [1.54, 1.807) is 0 Å². The van der Waals surface area contributed by atoms with Gasteiger partial charge in [0.15, 0.2) is 0 Å². The van der Waals surface area contributed by atoms with Crippen molar-refractivity contribution in [3.8, 4) is 0 Å². The quantitative estimate of drug-likeness (QED) is 0.0533. The van der Waals surface area contributed by atoms with Crippen LogP contribution in [-0.2, 0) is 0 Å². The molecule has 0 saturated heterocycles. The fraction of sp³-hybridized carbons (Fsp3) is 1.00. The molecule has 0 spiro atoms. The van der Waals surface area contributed by atoms with Crippen LogP contribution in [0, 0.1) is 0 Å². The zero-order valence-electron chi connectivity index (χ0n) is 55.4. The maximum absolute atomic E-state index is 7.34. The Hall–Kier alpha value is 6.17. The predicted molar refractivity (Wildman–Crippen MR) is 550 cm³/mol. The Morgan fingerprint density at radius 1 is 0.0938 bits per heavy atom. The zero-order valence-corrected chi connectivity index (χ0v) is 55.4. The van der Waals surface area contributed by atoms with E-state index in [2.05, 4.69) is 0 Å². The van der Waals surface area contributed by atoms with Crippen LogP contribution in [0.5, 0.6) is 0 Å². The lowest BCUT2D eigenvalue weighted by atomic mass is 8.26. The molecule has 98 radical (unpaired) electrons. The molecule has 0 amide bonds. The third kappa shape index (κ3) is 27.2.